The Morgan fingerprint density at radius 2 is 2.00 bits per heavy atom. The summed E-state index contributed by atoms with van der Waals surface area (Å²) in [5.74, 6) is -0.351. The van der Waals surface area contributed by atoms with E-state index in [4.69, 9.17) is 16.0 Å². The van der Waals surface area contributed by atoms with Gasteiger partial charge >= 0.3 is 5.69 Å². The van der Waals surface area contributed by atoms with Gasteiger partial charge in [-0.15, -0.1) is 0 Å². The van der Waals surface area contributed by atoms with Crippen LogP contribution in [0.15, 0.2) is 57.9 Å². The maximum absolute atomic E-state index is 11.0. The molecule has 1 aromatic heterocycles. The van der Waals surface area contributed by atoms with Crippen LogP contribution in [0.1, 0.15) is 11.1 Å². The van der Waals surface area contributed by atoms with Gasteiger partial charge in [-0.3, -0.25) is 15.1 Å². The predicted molar refractivity (Wildman–Crippen MR) is 113 cm³/mol. The zero-order valence-electron chi connectivity index (χ0n) is 15.5. The fourth-order valence-electron chi connectivity index (χ4n) is 2.96. The molecular formula is C21H14ClN3O5. The zero-order valence-corrected chi connectivity index (χ0v) is 16.3. The van der Waals surface area contributed by atoms with E-state index in [1.54, 1.807) is 18.2 Å². The second-order valence-electron chi connectivity index (χ2n) is 6.52. The number of aryl methyl sites for hydroxylation is 1. The van der Waals surface area contributed by atoms with Crippen LogP contribution in [0.4, 0.5) is 11.4 Å². The number of hydrogen-bond donors (Lipinski definition) is 2. The summed E-state index contributed by atoms with van der Waals surface area (Å²) in [6.45, 7) is 1.91. The van der Waals surface area contributed by atoms with Gasteiger partial charge in [-0.25, -0.2) is 4.98 Å². The summed E-state index contributed by atoms with van der Waals surface area (Å²) in [7, 11) is 0. The van der Waals surface area contributed by atoms with E-state index in [2.05, 4.69) is 9.98 Å². The smallest absolute Gasteiger partial charge is 0.312 e. The highest BCUT2D eigenvalue weighted by atomic mass is 35.5. The van der Waals surface area contributed by atoms with Gasteiger partial charge in [0, 0.05) is 22.9 Å². The second kappa shape index (κ2) is 7.49. The van der Waals surface area contributed by atoms with E-state index in [0.29, 0.717) is 22.4 Å². The number of hydrogen-bond acceptors (Lipinski definition) is 7. The Hall–Kier alpha value is -3.91. The summed E-state index contributed by atoms with van der Waals surface area (Å²) in [4.78, 5) is 19.0. The normalized spacial score (nSPS) is 11.4. The SMILES string of the molecule is Cc1cccc2oc(-c3cc(N=Cc4cc(Cl)cc([N+](=O)[O-])c4O)ccc3O)nc12. The van der Waals surface area contributed by atoms with E-state index in [0.717, 1.165) is 11.6 Å². The molecule has 4 rings (SSSR count). The van der Waals surface area contributed by atoms with Crippen LogP contribution in [-0.2, 0) is 0 Å². The Morgan fingerprint density at radius 3 is 2.73 bits per heavy atom. The van der Waals surface area contributed by atoms with Crippen molar-refractivity contribution in [2.75, 3.05) is 0 Å². The number of oxazole rings is 1. The number of nitro groups is 1. The molecule has 1 heterocycles. The summed E-state index contributed by atoms with van der Waals surface area (Å²) in [5.41, 5.74) is 2.53. The molecule has 0 aliphatic carbocycles. The molecule has 2 N–H and O–H groups in total. The number of phenolic OH excluding ortho intramolecular Hbond substituents is 2. The Kier molecular flexibility index (Phi) is 4.85. The van der Waals surface area contributed by atoms with E-state index in [-0.39, 0.29) is 22.2 Å². The van der Waals surface area contributed by atoms with Crippen molar-refractivity contribution in [3.63, 3.8) is 0 Å². The molecule has 0 aliphatic heterocycles. The lowest BCUT2D eigenvalue weighted by molar-refractivity contribution is -0.385. The fraction of sp³-hybridized carbons (Fsp3) is 0.0476. The molecule has 0 amide bonds. The van der Waals surface area contributed by atoms with Crippen molar-refractivity contribution < 1.29 is 19.6 Å². The minimum Gasteiger partial charge on any atom is -0.507 e. The number of aliphatic imine (C=N–C) groups is 1. The molecule has 0 unspecified atom stereocenters. The van der Waals surface area contributed by atoms with Crippen LogP contribution in [-0.4, -0.2) is 26.3 Å². The number of phenols is 2. The van der Waals surface area contributed by atoms with Gasteiger partial charge in [0.05, 0.1) is 16.2 Å². The van der Waals surface area contributed by atoms with Crippen molar-refractivity contribution in [1.29, 1.82) is 0 Å². The molecule has 0 saturated heterocycles. The van der Waals surface area contributed by atoms with Gasteiger partial charge in [-0.1, -0.05) is 23.7 Å². The lowest BCUT2D eigenvalue weighted by Crippen LogP contribution is -1.92. The van der Waals surface area contributed by atoms with Crippen molar-refractivity contribution in [1.82, 2.24) is 4.98 Å². The van der Waals surface area contributed by atoms with E-state index >= 15 is 0 Å². The number of nitrogens with zero attached hydrogens (tertiary/aromatic N) is 3. The van der Waals surface area contributed by atoms with Crippen molar-refractivity contribution in [3.05, 3.63) is 74.8 Å². The number of nitro benzene ring substituents is 1. The maximum atomic E-state index is 11.0. The average molecular weight is 424 g/mol. The molecule has 30 heavy (non-hydrogen) atoms. The minimum atomic E-state index is -0.730. The number of benzene rings is 3. The third-order valence-electron chi connectivity index (χ3n) is 4.46. The first-order valence-electron chi connectivity index (χ1n) is 8.74. The summed E-state index contributed by atoms with van der Waals surface area (Å²) in [6.07, 6.45) is 1.25. The monoisotopic (exact) mass is 423 g/mol. The Balaban J connectivity index is 1.74. The Morgan fingerprint density at radius 1 is 1.20 bits per heavy atom. The molecular weight excluding hydrogens is 410 g/mol. The summed E-state index contributed by atoms with van der Waals surface area (Å²) >= 11 is 5.89. The zero-order chi connectivity index (χ0) is 21.4. The third kappa shape index (κ3) is 3.56. The fourth-order valence-corrected chi connectivity index (χ4v) is 3.19. The highest BCUT2D eigenvalue weighted by molar-refractivity contribution is 6.31. The molecule has 3 aromatic carbocycles. The lowest BCUT2D eigenvalue weighted by Gasteiger charge is -2.03. The first kappa shape index (κ1) is 19.4. The van der Waals surface area contributed by atoms with Crippen LogP contribution in [0.25, 0.3) is 22.6 Å². The molecule has 4 aromatic rings. The van der Waals surface area contributed by atoms with E-state index < -0.39 is 16.4 Å². The summed E-state index contributed by atoms with van der Waals surface area (Å²) in [5, 5.41) is 31.5. The largest absolute Gasteiger partial charge is 0.507 e. The van der Waals surface area contributed by atoms with Gasteiger partial charge in [0.2, 0.25) is 11.6 Å². The molecule has 9 heteroatoms. The van der Waals surface area contributed by atoms with Crippen LogP contribution in [0.3, 0.4) is 0 Å². The second-order valence-corrected chi connectivity index (χ2v) is 6.96. The summed E-state index contributed by atoms with van der Waals surface area (Å²) in [6, 6.07) is 12.5. The molecule has 0 aliphatic rings. The molecule has 0 spiro atoms. The van der Waals surface area contributed by atoms with Crippen LogP contribution in [0.2, 0.25) is 5.02 Å². The highest BCUT2D eigenvalue weighted by Crippen LogP contribution is 2.36. The van der Waals surface area contributed by atoms with E-state index in [9.17, 15) is 20.3 Å². The van der Waals surface area contributed by atoms with Gasteiger partial charge in [0.1, 0.15) is 11.3 Å². The van der Waals surface area contributed by atoms with Gasteiger partial charge in [-0.2, -0.15) is 0 Å². The van der Waals surface area contributed by atoms with Crippen LogP contribution < -0.4 is 0 Å². The van der Waals surface area contributed by atoms with Gasteiger partial charge < -0.3 is 14.6 Å². The van der Waals surface area contributed by atoms with Gasteiger partial charge in [0.15, 0.2) is 5.58 Å². The molecule has 0 radical (unpaired) electrons. The summed E-state index contributed by atoms with van der Waals surface area (Å²) < 4.78 is 5.76. The molecule has 0 bridgehead atoms. The van der Waals surface area contributed by atoms with Crippen LogP contribution >= 0.6 is 11.6 Å². The lowest BCUT2D eigenvalue weighted by atomic mass is 10.1. The van der Waals surface area contributed by atoms with Crippen molar-refractivity contribution in [3.8, 4) is 23.0 Å². The van der Waals surface area contributed by atoms with Crippen LogP contribution in [0, 0.1) is 17.0 Å². The molecule has 0 atom stereocenters. The number of rotatable bonds is 4. The highest BCUT2D eigenvalue weighted by Gasteiger charge is 2.18. The third-order valence-corrected chi connectivity index (χ3v) is 4.68. The predicted octanol–water partition coefficient (Wildman–Crippen LogP) is 5.53. The van der Waals surface area contributed by atoms with E-state index in [1.165, 1.54) is 18.3 Å². The Bertz CT molecular complexity index is 1330. The molecule has 8 nitrogen and oxygen atoms in total. The van der Waals surface area contributed by atoms with E-state index in [1.807, 2.05) is 19.1 Å². The average Bonchev–Trinajstić information content (AvgIpc) is 3.14. The van der Waals surface area contributed by atoms with Crippen molar-refractivity contribution >= 4 is 40.3 Å². The number of halogens is 1. The standard InChI is InChI=1S/C21H14ClN3O5/c1-11-3-2-4-18-19(11)24-21(30-18)15-9-14(5-6-17(15)26)23-10-12-7-13(22)8-16(20(12)27)25(28)29/h2-10,26-27H,1H3. The minimum absolute atomic E-state index is 0.0422. The van der Waals surface area contributed by atoms with Gasteiger partial charge in [0.25, 0.3) is 0 Å². The maximum Gasteiger partial charge on any atom is 0.312 e. The van der Waals surface area contributed by atoms with Crippen LogP contribution in [0.5, 0.6) is 11.5 Å². The first-order valence-corrected chi connectivity index (χ1v) is 9.12. The molecule has 0 saturated carbocycles. The van der Waals surface area contributed by atoms with Crippen molar-refractivity contribution in [2.24, 2.45) is 4.99 Å². The number of para-hydroxylation sites is 1. The topological polar surface area (TPSA) is 122 Å². The number of aromatic nitrogens is 1. The first-order chi connectivity index (χ1) is 14.3. The van der Waals surface area contributed by atoms with Gasteiger partial charge in [-0.05, 0) is 42.8 Å². The Labute approximate surface area is 174 Å². The molecule has 0 fully saturated rings. The van der Waals surface area contributed by atoms with Crippen molar-refractivity contribution in [2.45, 2.75) is 6.92 Å². The number of fused-ring (bicyclic) bond motifs is 1. The quantitative estimate of drug-likeness (QED) is 0.253. The molecule has 150 valence electrons. The number of aromatic hydroxyl groups is 2.